The summed E-state index contributed by atoms with van der Waals surface area (Å²) in [6, 6.07) is 9.89. The third-order valence-electron chi connectivity index (χ3n) is 3.56. The van der Waals surface area contributed by atoms with Crippen LogP contribution in [0.1, 0.15) is 38.1 Å². The number of hydrogen-bond acceptors (Lipinski definition) is 5. The van der Waals surface area contributed by atoms with E-state index in [0.717, 1.165) is 16.3 Å². The molecule has 0 amide bonds. The Morgan fingerprint density at radius 3 is 2.64 bits per heavy atom. The van der Waals surface area contributed by atoms with E-state index in [2.05, 4.69) is 15.0 Å². The second-order valence-electron chi connectivity index (χ2n) is 6.80. The maximum Gasteiger partial charge on any atom is 0.317 e. The highest BCUT2D eigenvalue weighted by Crippen LogP contribution is 2.26. The van der Waals surface area contributed by atoms with Gasteiger partial charge in [-0.15, -0.1) is 11.3 Å². The van der Waals surface area contributed by atoms with Crippen LogP contribution in [0.5, 0.6) is 0 Å². The number of esters is 1. The average Bonchev–Trinajstić information content (AvgIpc) is 3.23. The molecule has 6 heteroatoms. The van der Waals surface area contributed by atoms with Gasteiger partial charge in [-0.05, 0) is 32.8 Å². The maximum absolute atomic E-state index is 12.8. The Bertz CT molecular complexity index is 820. The smallest absolute Gasteiger partial charge is 0.317 e. The Balaban J connectivity index is 1.89. The van der Waals surface area contributed by atoms with Gasteiger partial charge in [0, 0.05) is 11.6 Å². The molecule has 2 aromatic heterocycles. The average molecular weight is 355 g/mol. The van der Waals surface area contributed by atoms with Gasteiger partial charge in [-0.3, -0.25) is 4.79 Å². The first-order chi connectivity index (χ1) is 11.9. The minimum Gasteiger partial charge on any atom is -0.459 e. The molecule has 3 aromatic rings. The van der Waals surface area contributed by atoms with Crippen LogP contribution in [0.4, 0.5) is 0 Å². The van der Waals surface area contributed by atoms with Crippen molar-refractivity contribution in [2.75, 3.05) is 0 Å². The molecule has 0 bridgehead atoms. The molecule has 1 aromatic carbocycles. The number of rotatable bonds is 5. The first-order valence-corrected chi connectivity index (χ1v) is 9.02. The molecular formula is C19H21N3O2S. The number of carbonyl (C=O) groups is 1. The van der Waals surface area contributed by atoms with Gasteiger partial charge in [0.05, 0.1) is 11.9 Å². The Morgan fingerprint density at radius 2 is 2.00 bits per heavy atom. The molecular weight excluding hydrogens is 334 g/mol. The number of aromatic amines is 1. The van der Waals surface area contributed by atoms with E-state index in [0.29, 0.717) is 12.2 Å². The minimum absolute atomic E-state index is 0.281. The molecule has 0 unspecified atom stereocenters. The van der Waals surface area contributed by atoms with Crippen molar-refractivity contribution in [2.45, 2.75) is 38.7 Å². The zero-order chi connectivity index (χ0) is 17.9. The van der Waals surface area contributed by atoms with Crippen LogP contribution in [0.25, 0.3) is 10.7 Å². The molecule has 1 atom stereocenters. The third-order valence-corrected chi connectivity index (χ3v) is 4.37. The molecule has 0 aliphatic carbocycles. The maximum atomic E-state index is 12.8. The topological polar surface area (TPSA) is 67.9 Å². The number of ether oxygens (including phenoxy) is 1. The van der Waals surface area contributed by atoms with Crippen molar-refractivity contribution in [3.05, 3.63) is 59.5 Å². The molecule has 2 heterocycles. The number of H-pyrrole nitrogens is 1. The normalized spacial score (nSPS) is 12.8. The summed E-state index contributed by atoms with van der Waals surface area (Å²) in [6.07, 6.45) is 3.99. The lowest BCUT2D eigenvalue weighted by atomic mass is 9.98. The van der Waals surface area contributed by atoms with E-state index in [1.807, 2.05) is 56.5 Å². The summed E-state index contributed by atoms with van der Waals surface area (Å²) in [5.41, 5.74) is 1.33. The molecule has 130 valence electrons. The second-order valence-corrected chi connectivity index (χ2v) is 7.69. The van der Waals surface area contributed by atoms with E-state index in [-0.39, 0.29) is 5.97 Å². The predicted octanol–water partition coefficient (Wildman–Crippen LogP) is 4.20. The molecule has 1 N–H and O–H groups in total. The summed E-state index contributed by atoms with van der Waals surface area (Å²) in [5.74, 6) is -0.171. The van der Waals surface area contributed by atoms with E-state index in [9.17, 15) is 4.79 Å². The standard InChI is InChI=1S/C19H21N3O2S/c1-19(2,3)24-18(23)14(11-13-7-5-4-6-8-13)16-21-12-15(22-16)17-20-9-10-25-17/h4-10,12,14H,11H2,1-3H3,(H,21,22)/t14-/m0/s1. The van der Waals surface area contributed by atoms with Crippen molar-refractivity contribution in [3.8, 4) is 10.7 Å². The third kappa shape index (κ3) is 4.54. The Labute approximate surface area is 151 Å². The van der Waals surface area contributed by atoms with Gasteiger partial charge in [0.1, 0.15) is 22.4 Å². The van der Waals surface area contributed by atoms with Gasteiger partial charge in [-0.2, -0.15) is 0 Å². The first-order valence-electron chi connectivity index (χ1n) is 8.14. The Hall–Kier alpha value is -2.47. The van der Waals surface area contributed by atoms with Crippen molar-refractivity contribution in [2.24, 2.45) is 0 Å². The molecule has 0 spiro atoms. The Kier molecular flexibility index (Phi) is 4.99. The van der Waals surface area contributed by atoms with Crippen LogP contribution in [0.2, 0.25) is 0 Å². The largest absolute Gasteiger partial charge is 0.459 e. The zero-order valence-corrected chi connectivity index (χ0v) is 15.3. The van der Waals surface area contributed by atoms with Crippen LogP contribution in [-0.2, 0) is 16.0 Å². The quantitative estimate of drug-likeness (QED) is 0.697. The zero-order valence-electron chi connectivity index (χ0n) is 14.5. The minimum atomic E-state index is -0.545. The van der Waals surface area contributed by atoms with Crippen molar-refractivity contribution in [1.29, 1.82) is 0 Å². The van der Waals surface area contributed by atoms with E-state index in [1.54, 1.807) is 12.4 Å². The van der Waals surface area contributed by atoms with E-state index in [1.165, 1.54) is 11.3 Å². The van der Waals surface area contributed by atoms with Crippen LogP contribution in [0, 0.1) is 0 Å². The van der Waals surface area contributed by atoms with Gasteiger partial charge in [0.2, 0.25) is 0 Å². The summed E-state index contributed by atoms with van der Waals surface area (Å²) in [7, 11) is 0. The fraction of sp³-hybridized carbons (Fsp3) is 0.316. The van der Waals surface area contributed by atoms with Crippen LogP contribution in [0.15, 0.2) is 48.1 Å². The monoisotopic (exact) mass is 355 g/mol. The highest BCUT2D eigenvalue weighted by atomic mass is 32.1. The predicted molar refractivity (Wildman–Crippen MR) is 98.4 cm³/mol. The van der Waals surface area contributed by atoms with Crippen LogP contribution in [-0.4, -0.2) is 26.5 Å². The van der Waals surface area contributed by atoms with Gasteiger partial charge in [-0.1, -0.05) is 30.3 Å². The number of nitrogens with one attached hydrogen (secondary N) is 1. The molecule has 5 nitrogen and oxygen atoms in total. The van der Waals surface area contributed by atoms with Gasteiger partial charge in [0.25, 0.3) is 0 Å². The van der Waals surface area contributed by atoms with Crippen molar-refractivity contribution >= 4 is 17.3 Å². The lowest BCUT2D eigenvalue weighted by Crippen LogP contribution is -2.29. The van der Waals surface area contributed by atoms with Crippen molar-refractivity contribution < 1.29 is 9.53 Å². The number of benzene rings is 1. The number of thiazole rings is 1. The molecule has 25 heavy (non-hydrogen) atoms. The van der Waals surface area contributed by atoms with Crippen molar-refractivity contribution in [3.63, 3.8) is 0 Å². The second kappa shape index (κ2) is 7.19. The van der Waals surface area contributed by atoms with E-state index < -0.39 is 11.5 Å². The lowest BCUT2D eigenvalue weighted by molar-refractivity contribution is -0.156. The highest BCUT2D eigenvalue weighted by Gasteiger charge is 2.29. The van der Waals surface area contributed by atoms with Crippen molar-refractivity contribution in [1.82, 2.24) is 15.0 Å². The lowest BCUT2D eigenvalue weighted by Gasteiger charge is -2.23. The highest BCUT2D eigenvalue weighted by molar-refractivity contribution is 7.13. The van der Waals surface area contributed by atoms with E-state index in [4.69, 9.17) is 4.74 Å². The fourth-order valence-corrected chi connectivity index (χ4v) is 3.10. The van der Waals surface area contributed by atoms with Crippen LogP contribution in [0.3, 0.4) is 0 Å². The number of nitrogens with zero attached hydrogens (tertiary/aromatic N) is 2. The summed E-state index contributed by atoms with van der Waals surface area (Å²) >= 11 is 1.52. The molecule has 0 fully saturated rings. The van der Waals surface area contributed by atoms with Crippen LogP contribution >= 0.6 is 11.3 Å². The van der Waals surface area contributed by atoms with Gasteiger partial charge in [0.15, 0.2) is 0 Å². The molecule has 0 radical (unpaired) electrons. The molecule has 0 aliphatic heterocycles. The summed E-state index contributed by atoms with van der Waals surface area (Å²) in [6.45, 7) is 5.61. The van der Waals surface area contributed by atoms with Gasteiger partial charge < -0.3 is 9.72 Å². The summed E-state index contributed by atoms with van der Waals surface area (Å²) in [5, 5.41) is 2.76. The number of aromatic nitrogens is 3. The molecule has 0 saturated heterocycles. The van der Waals surface area contributed by atoms with E-state index >= 15 is 0 Å². The number of imidazole rings is 1. The van der Waals surface area contributed by atoms with Gasteiger partial charge in [-0.25, -0.2) is 9.97 Å². The Morgan fingerprint density at radius 1 is 1.24 bits per heavy atom. The van der Waals surface area contributed by atoms with Crippen LogP contribution < -0.4 is 0 Å². The summed E-state index contributed by atoms with van der Waals surface area (Å²) in [4.78, 5) is 24.7. The fourth-order valence-electron chi connectivity index (χ4n) is 2.49. The number of hydrogen-bond donors (Lipinski definition) is 1. The molecule has 3 rings (SSSR count). The summed E-state index contributed by atoms with van der Waals surface area (Å²) < 4.78 is 5.61. The SMILES string of the molecule is CC(C)(C)OC(=O)[C@@H](Cc1ccccc1)c1ncc(-c2nccs2)[nH]1. The van der Waals surface area contributed by atoms with Gasteiger partial charge >= 0.3 is 5.97 Å². The molecule has 0 aliphatic rings. The first kappa shape index (κ1) is 17.4. The molecule has 0 saturated carbocycles. The number of carbonyl (C=O) groups excluding carboxylic acids is 1.